The molecule has 2 heterocycles. The van der Waals surface area contributed by atoms with E-state index in [2.05, 4.69) is 6.92 Å². The summed E-state index contributed by atoms with van der Waals surface area (Å²) >= 11 is 3.11. The van der Waals surface area contributed by atoms with Crippen LogP contribution in [-0.4, -0.2) is 9.55 Å². The number of hydrogen-bond acceptors (Lipinski definition) is 4. The number of benzene rings is 2. The van der Waals surface area contributed by atoms with Crippen molar-refractivity contribution in [3.05, 3.63) is 86.8 Å². The van der Waals surface area contributed by atoms with Gasteiger partial charge in [0.05, 0.1) is 11.1 Å². The largest absolute Gasteiger partial charge is 0.268 e. The number of para-hydroxylation sites is 1. The number of rotatable bonds is 6. The minimum Gasteiger partial charge on any atom is -0.268 e. The van der Waals surface area contributed by atoms with Gasteiger partial charge in [-0.3, -0.25) is 9.36 Å². The molecule has 4 aromatic rings. The molecule has 3 nitrogen and oxygen atoms in total. The lowest BCUT2D eigenvalue weighted by molar-refractivity contribution is 0.627. The number of halogens is 1. The highest BCUT2D eigenvalue weighted by Gasteiger charge is 2.19. The summed E-state index contributed by atoms with van der Waals surface area (Å²) in [5.41, 5.74) is 2.80. The number of fused-ring (bicyclic) bond motifs is 1. The Balaban J connectivity index is 1.84. The highest BCUT2D eigenvalue weighted by atomic mass is 32.2. The maximum Gasteiger partial charge on any atom is 0.267 e. The lowest BCUT2D eigenvalue weighted by atomic mass is 10.1. The maximum absolute atomic E-state index is 13.5. The smallest absolute Gasteiger partial charge is 0.267 e. The van der Waals surface area contributed by atoms with E-state index in [1.54, 1.807) is 28.0 Å². The summed E-state index contributed by atoms with van der Waals surface area (Å²) in [6.45, 7) is 4.16. The molecule has 0 aliphatic heterocycles. The van der Waals surface area contributed by atoms with E-state index in [9.17, 15) is 9.18 Å². The van der Waals surface area contributed by atoms with Gasteiger partial charge < -0.3 is 0 Å². The summed E-state index contributed by atoms with van der Waals surface area (Å²) in [5.74, 6) is 0.356. The molecule has 0 aliphatic rings. The molecular formula is C23H21FN2OS2. The molecule has 0 radical (unpaired) electrons. The van der Waals surface area contributed by atoms with Crippen molar-refractivity contribution >= 4 is 33.3 Å². The Hall–Kier alpha value is -2.44. The third-order valence-electron chi connectivity index (χ3n) is 4.81. The quantitative estimate of drug-likeness (QED) is 0.275. The predicted molar refractivity (Wildman–Crippen MR) is 120 cm³/mol. The molecule has 4 rings (SSSR count). The Morgan fingerprint density at radius 1 is 1.10 bits per heavy atom. The molecule has 148 valence electrons. The van der Waals surface area contributed by atoms with Crippen LogP contribution in [0.2, 0.25) is 0 Å². The summed E-state index contributed by atoms with van der Waals surface area (Å²) in [6.07, 6.45) is 1.99. The third kappa shape index (κ3) is 4.00. The van der Waals surface area contributed by atoms with Gasteiger partial charge in [0, 0.05) is 10.6 Å². The van der Waals surface area contributed by atoms with Crippen LogP contribution in [0, 0.1) is 12.7 Å². The first-order valence-corrected chi connectivity index (χ1v) is 11.4. The Labute approximate surface area is 177 Å². The van der Waals surface area contributed by atoms with Crippen molar-refractivity contribution in [3.8, 4) is 5.69 Å². The van der Waals surface area contributed by atoms with Crippen LogP contribution in [0.3, 0.4) is 0 Å². The maximum atomic E-state index is 13.5. The van der Waals surface area contributed by atoms with Crippen molar-refractivity contribution in [1.29, 1.82) is 0 Å². The molecule has 0 saturated heterocycles. The lowest BCUT2D eigenvalue weighted by Crippen LogP contribution is -2.21. The zero-order valence-corrected chi connectivity index (χ0v) is 17.9. The van der Waals surface area contributed by atoms with E-state index in [4.69, 9.17) is 4.98 Å². The van der Waals surface area contributed by atoms with Crippen molar-refractivity contribution in [1.82, 2.24) is 9.55 Å². The topological polar surface area (TPSA) is 34.9 Å². The van der Waals surface area contributed by atoms with Crippen molar-refractivity contribution in [2.75, 3.05) is 0 Å². The number of nitrogens with zero attached hydrogens (tertiary/aromatic N) is 2. The Morgan fingerprint density at radius 2 is 1.83 bits per heavy atom. The number of thiophene rings is 1. The van der Waals surface area contributed by atoms with Crippen LogP contribution in [0.1, 0.15) is 29.3 Å². The Morgan fingerprint density at radius 3 is 2.52 bits per heavy atom. The summed E-state index contributed by atoms with van der Waals surface area (Å²) < 4.78 is 14.9. The fraction of sp³-hybridized carbons (Fsp3) is 0.217. The van der Waals surface area contributed by atoms with Crippen LogP contribution in [0.5, 0.6) is 0 Å². The van der Waals surface area contributed by atoms with E-state index in [0.29, 0.717) is 16.3 Å². The van der Waals surface area contributed by atoms with Gasteiger partial charge in [0.1, 0.15) is 10.6 Å². The minimum absolute atomic E-state index is 0.0288. The fourth-order valence-corrected chi connectivity index (χ4v) is 5.59. The first-order valence-electron chi connectivity index (χ1n) is 9.56. The van der Waals surface area contributed by atoms with Crippen LogP contribution in [0.25, 0.3) is 15.9 Å². The minimum atomic E-state index is -0.253. The number of aromatic nitrogens is 2. The SMILES string of the molecule is CCCc1sc2nc(SCc3ccc(F)cc3)n(-c3ccccc3)c(=O)c2c1C. The second-order valence-corrected chi connectivity index (χ2v) is 8.89. The summed E-state index contributed by atoms with van der Waals surface area (Å²) in [6, 6.07) is 16.1. The van der Waals surface area contributed by atoms with Gasteiger partial charge in [-0.25, -0.2) is 9.37 Å². The normalized spacial score (nSPS) is 11.3. The zero-order chi connectivity index (χ0) is 20.4. The van der Waals surface area contributed by atoms with Crippen molar-refractivity contribution in [2.45, 2.75) is 37.6 Å². The average Bonchev–Trinajstić information content (AvgIpc) is 3.04. The molecule has 6 heteroatoms. The Bertz CT molecular complexity index is 1200. The van der Waals surface area contributed by atoms with Gasteiger partial charge in [-0.2, -0.15) is 0 Å². The fourth-order valence-electron chi connectivity index (χ4n) is 3.31. The van der Waals surface area contributed by atoms with Crippen molar-refractivity contribution in [3.63, 3.8) is 0 Å². The second-order valence-electron chi connectivity index (χ2n) is 6.87. The number of aryl methyl sites for hydroxylation is 2. The molecule has 0 bridgehead atoms. The van der Waals surface area contributed by atoms with Crippen LogP contribution in [-0.2, 0) is 12.2 Å². The van der Waals surface area contributed by atoms with Gasteiger partial charge in [0.2, 0.25) is 0 Å². The molecule has 0 amide bonds. The van der Waals surface area contributed by atoms with E-state index in [0.717, 1.165) is 34.5 Å². The van der Waals surface area contributed by atoms with Crippen molar-refractivity contribution in [2.24, 2.45) is 0 Å². The number of thioether (sulfide) groups is 1. The van der Waals surface area contributed by atoms with E-state index in [-0.39, 0.29) is 11.4 Å². The van der Waals surface area contributed by atoms with Crippen LogP contribution >= 0.6 is 23.1 Å². The van der Waals surface area contributed by atoms with Gasteiger partial charge in [0.25, 0.3) is 5.56 Å². The molecule has 0 unspecified atom stereocenters. The molecule has 0 N–H and O–H groups in total. The van der Waals surface area contributed by atoms with Gasteiger partial charge in [-0.15, -0.1) is 11.3 Å². The van der Waals surface area contributed by atoms with E-state index in [1.807, 2.05) is 37.3 Å². The highest BCUT2D eigenvalue weighted by molar-refractivity contribution is 7.98. The molecule has 0 spiro atoms. The summed E-state index contributed by atoms with van der Waals surface area (Å²) in [7, 11) is 0. The average molecular weight is 425 g/mol. The van der Waals surface area contributed by atoms with Gasteiger partial charge >= 0.3 is 0 Å². The monoisotopic (exact) mass is 424 g/mol. The molecule has 0 fully saturated rings. The molecule has 0 atom stereocenters. The van der Waals surface area contributed by atoms with E-state index < -0.39 is 0 Å². The predicted octanol–water partition coefficient (Wildman–Crippen LogP) is 6.14. The lowest BCUT2D eigenvalue weighted by Gasteiger charge is -2.12. The van der Waals surface area contributed by atoms with E-state index in [1.165, 1.54) is 28.8 Å². The van der Waals surface area contributed by atoms with Crippen LogP contribution in [0.4, 0.5) is 4.39 Å². The molecular weight excluding hydrogens is 403 g/mol. The first-order chi connectivity index (χ1) is 14.1. The van der Waals surface area contributed by atoms with Crippen LogP contribution in [0.15, 0.2) is 64.5 Å². The summed E-state index contributed by atoms with van der Waals surface area (Å²) in [4.78, 5) is 20.4. The van der Waals surface area contributed by atoms with E-state index >= 15 is 0 Å². The molecule has 2 aromatic carbocycles. The zero-order valence-electron chi connectivity index (χ0n) is 16.3. The van der Waals surface area contributed by atoms with Crippen molar-refractivity contribution < 1.29 is 4.39 Å². The first kappa shape index (κ1) is 19.9. The molecule has 0 saturated carbocycles. The van der Waals surface area contributed by atoms with Gasteiger partial charge in [0.15, 0.2) is 5.16 Å². The summed E-state index contributed by atoms with van der Waals surface area (Å²) in [5, 5.41) is 1.37. The number of hydrogen-bond donors (Lipinski definition) is 0. The van der Waals surface area contributed by atoms with Gasteiger partial charge in [-0.05, 0) is 48.7 Å². The molecule has 29 heavy (non-hydrogen) atoms. The third-order valence-corrected chi connectivity index (χ3v) is 7.06. The Kier molecular flexibility index (Phi) is 5.83. The van der Waals surface area contributed by atoms with Crippen LogP contribution < -0.4 is 5.56 Å². The van der Waals surface area contributed by atoms with Gasteiger partial charge in [-0.1, -0.05) is 55.4 Å². The molecule has 2 aromatic heterocycles. The second kappa shape index (κ2) is 8.51. The highest BCUT2D eigenvalue weighted by Crippen LogP contribution is 2.31. The standard InChI is InChI=1S/C23H21FN2OS2/c1-3-7-19-15(2)20-21(29-19)25-23(28-14-16-10-12-17(24)13-11-16)26(22(20)27)18-8-5-4-6-9-18/h4-6,8-13H,3,7,14H2,1-2H3. The molecule has 0 aliphatic carbocycles.